The van der Waals surface area contributed by atoms with E-state index in [1.807, 2.05) is 0 Å². The molecule has 0 aromatic heterocycles. The molecule has 5 atom stereocenters. The second-order valence-electron chi connectivity index (χ2n) is 10.3. The lowest BCUT2D eigenvalue weighted by atomic mass is 9.59. The molecule has 2 heterocycles. The molecule has 5 rings (SSSR count). The van der Waals surface area contributed by atoms with Crippen LogP contribution >= 0.6 is 0 Å². The van der Waals surface area contributed by atoms with Gasteiger partial charge < -0.3 is 14.2 Å². The Morgan fingerprint density at radius 2 is 1.94 bits per heavy atom. The summed E-state index contributed by atoms with van der Waals surface area (Å²) in [5.41, 5.74) is 4.38. The van der Waals surface area contributed by atoms with Crippen LogP contribution in [0.5, 0.6) is 11.5 Å². The Morgan fingerprint density at radius 3 is 2.68 bits per heavy atom. The highest BCUT2D eigenvalue weighted by molar-refractivity contribution is 5.76. The number of hydrogen-bond acceptors (Lipinski definition) is 5. The Balaban J connectivity index is 1.35. The monoisotopic (exact) mass is 425 g/mol. The zero-order valence-electron chi connectivity index (χ0n) is 19.3. The maximum atomic E-state index is 12.9. The van der Waals surface area contributed by atoms with Gasteiger partial charge in [-0.1, -0.05) is 31.9 Å². The summed E-state index contributed by atoms with van der Waals surface area (Å²) in [7, 11) is 3.36. The third-order valence-electron chi connectivity index (χ3n) is 8.33. The van der Waals surface area contributed by atoms with Crippen molar-refractivity contribution in [3.63, 3.8) is 0 Å². The summed E-state index contributed by atoms with van der Waals surface area (Å²) in [5, 5.41) is 0. The summed E-state index contributed by atoms with van der Waals surface area (Å²) >= 11 is 0. The van der Waals surface area contributed by atoms with E-state index in [1.165, 1.54) is 30.4 Å². The highest BCUT2D eigenvalue weighted by Gasteiger charge is 2.52. The first-order valence-corrected chi connectivity index (χ1v) is 11.8. The molecule has 2 aliphatic carbocycles. The van der Waals surface area contributed by atoms with E-state index in [0.29, 0.717) is 5.92 Å². The van der Waals surface area contributed by atoms with Gasteiger partial charge in [0, 0.05) is 25.6 Å². The average Bonchev–Trinajstić information content (AvgIpc) is 3.04. The van der Waals surface area contributed by atoms with Crippen LogP contribution in [0.1, 0.15) is 50.7 Å². The quantitative estimate of drug-likeness (QED) is 0.529. The van der Waals surface area contributed by atoms with Crippen molar-refractivity contribution in [2.24, 2.45) is 23.2 Å². The van der Waals surface area contributed by atoms with E-state index < -0.39 is 0 Å². The van der Waals surface area contributed by atoms with Crippen molar-refractivity contribution >= 4 is 5.97 Å². The number of rotatable bonds is 4. The number of carbonyl (C=O) groups excluding carboxylic acids is 1. The summed E-state index contributed by atoms with van der Waals surface area (Å²) < 4.78 is 16.9. The predicted molar refractivity (Wildman–Crippen MR) is 119 cm³/mol. The molecule has 1 saturated heterocycles. The lowest BCUT2D eigenvalue weighted by Crippen LogP contribution is -2.41. The summed E-state index contributed by atoms with van der Waals surface area (Å²) in [6.45, 7) is 7.30. The summed E-state index contributed by atoms with van der Waals surface area (Å²) in [6, 6.07) is 4.19. The van der Waals surface area contributed by atoms with Crippen LogP contribution in [0.25, 0.3) is 0 Å². The Kier molecular flexibility index (Phi) is 5.28. The topological polar surface area (TPSA) is 48.0 Å². The van der Waals surface area contributed by atoms with E-state index in [1.54, 1.807) is 19.8 Å². The molecule has 1 saturated carbocycles. The number of carbonyl (C=O) groups is 1. The first-order valence-electron chi connectivity index (χ1n) is 11.8. The van der Waals surface area contributed by atoms with Gasteiger partial charge in [0.15, 0.2) is 11.5 Å². The molecule has 0 radical (unpaired) electrons. The second-order valence-corrected chi connectivity index (χ2v) is 10.3. The molecule has 0 N–H and O–H groups in total. The van der Waals surface area contributed by atoms with E-state index in [9.17, 15) is 4.79 Å². The van der Waals surface area contributed by atoms with Crippen molar-refractivity contribution in [2.75, 3.05) is 27.3 Å². The number of allylic oxidation sites excluding steroid dienone is 1. The molecule has 31 heavy (non-hydrogen) atoms. The molecule has 0 spiro atoms. The van der Waals surface area contributed by atoms with Crippen molar-refractivity contribution in [3.05, 3.63) is 34.9 Å². The molecule has 1 aromatic carbocycles. The van der Waals surface area contributed by atoms with Gasteiger partial charge in [-0.3, -0.25) is 9.69 Å². The fourth-order valence-corrected chi connectivity index (χ4v) is 6.63. The van der Waals surface area contributed by atoms with Gasteiger partial charge in [-0.2, -0.15) is 0 Å². The minimum Gasteiger partial charge on any atom is -0.493 e. The Hall–Kier alpha value is -2.01. The molecule has 2 aliphatic heterocycles. The van der Waals surface area contributed by atoms with Crippen molar-refractivity contribution < 1.29 is 19.0 Å². The van der Waals surface area contributed by atoms with Crippen molar-refractivity contribution in [2.45, 2.75) is 58.6 Å². The molecule has 168 valence electrons. The molecule has 5 heteroatoms. The SMILES string of the molecule is COc1cc2c(cc1OC)CN(C[C@@H]1C(=O)O[C@@H]3C[C@]4(C)CCC[C@@H](C)C4=C[C@@H]13)CC2. The standard InChI is InChI=1S/C26H35NO4/c1-16-6-5-8-26(2)13-24-19(12-21(16)26)20(25(28)31-24)15-27-9-7-17-10-22(29-3)23(30-4)11-18(17)14-27/h10-12,16,19-20,24H,5-9,13-15H2,1-4H3/t16-,19+,20+,24-,26+/m1/s1. The minimum atomic E-state index is -0.0575. The van der Waals surface area contributed by atoms with Gasteiger partial charge in [-0.05, 0) is 60.3 Å². The average molecular weight is 426 g/mol. The number of ether oxygens (including phenoxy) is 3. The molecular formula is C26H35NO4. The van der Waals surface area contributed by atoms with E-state index in [4.69, 9.17) is 14.2 Å². The normalized spacial score (nSPS) is 34.8. The van der Waals surface area contributed by atoms with Crippen LogP contribution in [0.3, 0.4) is 0 Å². The smallest absolute Gasteiger partial charge is 0.311 e. The van der Waals surface area contributed by atoms with E-state index in [-0.39, 0.29) is 29.3 Å². The number of benzene rings is 1. The van der Waals surface area contributed by atoms with Gasteiger partial charge in [-0.15, -0.1) is 0 Å². The summed E-state index contributed by atoms with van der Waals surface area (Å²) in [5.74, 6) is 2.35. The Bertz CT molecular complexity index is 909. The number of hydrogen-bond donors (Lipinski definition) is 0. The maximum absolute atomic E-state index is 12.9. The van der Waals surface area contributed by atoms with Crippen LogP contribution < -0.4 is 9.47 Å². The molecule has 5 nitrogen and oxygen atoms in total. The van der Waals surface area contributed by atoms with Crippen molar-refractivity contribution in [3.8, 4) is 11.5 Å². The number of nitrogens with zero attached hydrogens (tertiary/aromatic N) is 1. The summed E-state index contributed by atoms with van der Waals surface area (Å²) in [6.07, 6.45) is 8.25. The van der Waals surface area contributed by atoms with E-state index >= 15 is 0 Å². The molecule has 0 amide bonds. The lowest BCUT2D eigenvalue weighted by molar-refractivity contribution is -0.145. The van der Waals surface area contributed by atoms with Crippen molar-refractivity contribution in [1.82, 2.24) is 4.90 Å². The summed E-state index contributed by atoms with van der Waals surface area (Å²) in [4.78, 5) is 15.3. The van der Waals surface area contributed by atoms with Gasteiger partial charge in [0.25, 0.3) is 0 Å². The minimum absolute atomic E-state index is 0.000131. The van der Waals surface area contributed by atoms with E-state index in [2.05, 4.69) is 37.0 Å². The Labute approximate surface area is 185 Å². The number of fused-ring (bicyclic) bond motifs is 3. The highest BCUT2D eigenvalue weighted by Crippen LogP contribution is 2.54. The van der Waals surface area contributed by atoms with Gasteiger partial charge in [0.2, 0.25) is 0 Å². The fourth-order valence-electron chi connectivity index (χ4n) is 6.63. The van der Waals surface area contributed by atoms with Crippen LogP contribution in [0.4, 0.5) is 0 Å². The van der Waals surface area contributed by atoms with Crippen LogP contribution in [-0.2, 0) is 22.5 Å². The number of methoxy groups -OCH3 is 2. The maximum Gasteiger partial charge on any atom is 0.311 e. The van der Waals surface area contributed by atoms with Gasteiger partial charge in [0.1, 0.15) is 6.10 Å². The lowest BCUT2D eigenvalue weighted by Gasteiger charge is -2.46. The molecule has 1 aromatic rings. The largest absolute Gasteiger partial charge is 0.493 e. The van der Waals surface area contributed by atoms with Crippen LogP contribution in [0, 0.1) is 23.2 Å². The molecule has 2 fully saturated rings. The first kappa shape index (κ1) is 20.9. The predicted octanol–water partition coefficient (Wildman–Crippen LogP) is 4.38. The molecule has 4 aliphatic rings. The van der Waals surface area contributed by atoms with E-state index in [0.717, 1.165) is 44.0 Å². The zero-order chi connectivity index (χ0) is 21.8. The molecule has 0 bridgehead atoms. The fraction of sp³-hybridized carbons (Fsp3) is 0.654. The number of esters is 1. The van der Waals surface area contributed by atoms with Crippen LogP contribution in [-0.4, -0.2) is 44.3 Å². The molecular weight excluding hydrogens is 390 g/mol. The van der Waals surface area contributed by atoms with Crippen LogP contribution in [0.2, 0.25) is 0 Å². The van der Waals surface area contributed by atoms with Crippen LogP contribution in [0.15, 0.2) is 23.8 Å². The second kappa shape index (κ2) is 7.84. The van der Waals surface area contributed by atoms with Gasteiger partial charge in [-0.25, -0.2) is 0 Å². The Morgan fingerprint density at radius 1 is 1.19 bits per heavy atom. The van der Waals surface area contributed by atoms with Gasteiger partial charge >= 0.3 is 5.97 Å². The zero-order valence-corrected chi connectivity index (χ0v) is 19.3. The molecule has 0 unspecified atom stereocenters. The third-order valence-corrected chi connectivity index (χ3v) is 8.33. The van der Waals surface area contributed by atoms with Crippen molar-refractivity contribution in [1.29, 1.82) is 0 Å². The first-order chi connectivity index (χ1) is 14.9. The van der Waals surface area contributed by atoms with Gasteiger partial charge in [0.05, 0.1) is 20.1 Å². The highest BCUT2D eigenvalue weighted by atomic mass is 16.6. The third kappa shape index (κ3) is 3.55.